The van der Waals surface area contributed by atoms with Crippen LogP contribution >= 0.6 is 15.9 Å². The number of nitrogens with one attached hydrogen (secondary N) is 1. The van der Waals surface area contributed by atoms with Crippen molar-refractivity contribution in [2.75, 3.05) is 7.11 Å². The van der Waals surface area contributed by atoms with Gasteiger partial charge in [0.25, 0.3) is 0 Å². The molecular formula is C13H15BrN2O. The molecule has 0 bridgehead atoms. The average Bonchev–Trinajstić information content (AvgIpc) is 2.38. The molecular weight excluding hydrogens is 280 g/mol. The zero-order chi connectivity index (χ0) is 12.4. The number of methoxy groups -OCH3 is 1. The molecule has 0 saturated heterocycles. The van der Waals surface area contributed by atoms with Crippen LogP contribution in [0, 0.1) is 0 Å². The summed E-state index contributed by atoms with van der Waals surface area (Å²) < 4.78 is 6.26. The summed E-state index contributed by atoms with van der Waals surface area (Å²) in [7, 11) is 1.67. The Morgan fingerprint density at radius 1 is 1.29 bits per heavy atom. The van der Waals surface area contributed by atoms with Gasteiger partial charge in [0.05, 0.1) is 11.6 Å². The first-order chi connectivity index (χ1) is 8.17. The summed E-state index contributed by atoms with van der Waals surface area (Å²) in [4.78, 5) is 0. The van der Waals surface area contributed by atoms with Gasteiger partial charge in [-0.25, -0.2) is 0 Å². The zero-order valence-corrected chi connectivity index (χ0v) is 11.4. The molecule has 3 N–H and O–H groups in total. The molecule has 90 valence electrons. The molecule has 0 aromatic heterocycles. The van der Waals surface area contributed by atoms with Crippen molar-refractivity contribution in [2.45, 2.75) is 13.0 Å². The second kappa shape index (κ2) is 5.04. The smallest absolute Gasteiger partial charge is 0.133 e. The highest BCUT2D eigenvalue weighted by Crippen LogP contribution is 2.33. The molecule has 2 aromatic carbocycles. The van der Waals surface area contributed by atoms with Crippen molar-refractivity contribution in [1.29, 1.82) is 0 Å². The number of nitrogens with two attached hydrogens (primary N) is 1. The Kier molecular flexibility index (Phi) is 3.66. The molecule has 1 unspecified atom stereocenters. The van der Waals surface area contributed by atoms with Crippen LogP contribution in [0.3, 0.4) is 0 Å². The highest BCUT2D eigenvalue weighted by Gasteiger charge is 2.08. The highest BCUT2D eigenvalue weighted by molar-refractivity contribution is 9.10. The summed E-state index contributed by atoms with van der Waals surface area (Å²) in [5.41, 5.74) is 3.91. The molecule has 0 aliphatic rings. The topological polar surface area (TPSA) is 47.3 Å². The molecule has 2 rings (SSSR count). The first-order valence-electron chi connectivity index (χ1n) is 5.39. The molecule has 0 aliphatic carbocycles. The molecule has 0 fully saturated rings. The van der Waals surface area contributed by atoms with E-state index in [0.717, 1.165) is 26.6 Å². The van der Waals surface area contributed by atoms with Crippen molar-refractivity contribution in [3.05, 3.63) is 40.4 Å². The Morgan fingerprint density at radius 2 is 2.06 bits per heavy atom. The number of rotatable bonds is 3. The van der Waals surface area contributed by atoms with Crippen LogP contribution < -0.4 is 16.0 Å². The first kappa shape index (κ1) is 12.4. The average molecular weight is 295 g/mol. The van der Waals surface area contributed by atoms with Crippen molar-refractivity contribution in [2.24, 2.45) is 5.84 Å². The van der Waals surface area contributed by atoms with Gasteiger partial charge >= 0.3 is 0 Å². The number of halogens is 1. The lowest BCUT2D eigenvalue weighted by atomic mass is 10.0. The molecule has 0 amide bonds. The summed E-state index contributed by atoms with van der Waals surface area (Å²) in [5.74, 6) is 6.29. The van der Waals surface area contributed by atoms with E-state index in [1.54, 1.807) is 7.11 Å². The van der Waals surface area contributed by atoms with Gasteiger partial charge in [-0.2, -0.15) is 0 Å². The molecule has 4 heteroatoms. The SMILES string of the molecule is COc1ccc2cc(C(C)NN)ccc2c1Br. The standard InChI is InChI=1S/C13H15BrN2O/c1-8(16-15)9-3-5-11-10(7-9)4-6-12(17-2)13(11)14/h3-8,16H,15H2,1-2H3. The Bertz CT molecular complexity index is 542. The van der Waals surface area contributed by atoms with E-state index in [1.807, 2.05) is 19.1 Å². The van der Waals surface area contributed by atoms with E-state index in [9.17, 15) is 0 Å². The monoisotopic (exact) mass is 294 g/mol. The van der Waals surface area contributed by atoms with Crippen molar-refractivity contribution in [3.63, 3.8) is 0 Å². The third-order valence-corrected chi connectivity index (χ3v) is 3.73. The zero-order valence-electron chi connectivity index (χ0n) is 9.83. The van der Waals surface area contributed by atoms with Crippen LogP contribution in [0.1, 0.15) is 18.5 Å². The Hall–Kier alpha value is -1.10. The predicted octanol–water partition coefficient (Wildman–Crippen LogP) is 3.14. The van der Waals surface area contributed by atoms with E-state index >= 15 is 0 Å². The minimum absolute atomic E-state index is 0.139. The van der Waals surface area contributed by atoms with Crippen LogP contribution in [0.5, 0.6) is 5.75 Å². The lowest BCUT2D eigenvalue weighted by Gasteiger charge is -2.12. The van der Waals surface area contributed by atoms with Crippen LogP contribution in [0.25, 0.3) is 10.8 Å². The predicted molar refractivity (Wildman–Crippen MR) is 73.9 cm³/mol. The quantitative estimate of drug-likeness (QED) is 0.675. The van der Waals surface area contributed by atoms with Crippen LogP contribution in [-0.2, 0) is 0 Å². The fourth-order valence-corrected chi connectivity index (χ4v) is 2.47. The Balaban J connectivity index is 2.57. The van der Waals surface area contributed by atoms with Gasteiger partial charge in [0.15, 0.2) is 0 Å². The van der Waals surface area contributed by atoms with Gasteiger partial charge in [0.1, 0.15) is 5.75 Å². The minimum atomic E-state index is 0.139. The number of hydrogen-bond donors (Lipinski definition) is 2. The van der Waals surface area contributed by atoms with E-state index in [-0.39, 0.29) is 6.04 Å². The molecule has 17 heavy (non-hydrogen) atoms. The van der Waals surface area contributed by atoms with Crippen LogP contribution in [0.2, 0.25) is 0 Å². The molecule has 0 aliphatic heterocycles. The van der Waals surface area contributed by atoms with Crippen molar-refractivity contribution in [1.82, 2.24) is 5.43 Å². The summed E-state index contributed by atoms with van der Waals surface area (Å²) in [6, 6.07) is 10.4. The van der Waals surface area contributed by atoms with Gasteiger partial charge < -0.3 is 4.74 Å². The third-order valence-electron chi connectivity index (χ3n) is 2.91. The van der Waals surface area contributed by atoms with E-state index in [0.29, 0.717) is 0 Å². The van der Waals surface area contributed by atoms with E-state index < -0.39 is 0 Å². The lowest BCUT2D eigenvalue weighted by molar-refractivity contribution is 0.413. The summed E-state index contributed by atoms with van der Waals surface area (Å²) in [5, 5.41) is 2.30. The van der Waals surface area contributed by atoms with E-state index in [1.165, 1.54) is 0 Å². The number of hydrazine groups is 1. The number of benzene rings is 2. The van der Waals surface area contributed by atoms with Gasteiger partial charge in [-0.15, -0.1) is 0 Å². The normalized spacial score (nSPS) is 12.7. The highest BCUT2D eigenvalue weighted by atomic mass is 79.9. The fourth-order valence-electron chi connectivity index (χ4n) is 1.81. The van der Waals surface area contributed by atoms with Crippen molar-refractivity contribution in [3.8, 4) is 5.75 Å². The van der Waals surface area contributed by atoms with Gasteiger partial charge in [0, 0.05) is 6.04 Å². The lowest BCUT2D eigenvalue weighted by Crippen LogP contribution is -2.25. The van der Waals surface area contributed by atoms with Gasteiger partial charge in [-0.05, 0) is 51.3 Å². The number of hydrogen-bond acceptors (Lipinski definition) is 3. The third kappa shape index (κ3) is 2.29. The van der Waals surface area contributed by atoms with Gasteiger partial charge in [-0.1, -0.05) is 18.2 Å². The number of fused-ring (bicyclic) bond motifs is 1. The maximum Gasteiger partial charge on any atom is 0.133 e. The molecule has 3 nitrogen and oxygen atoms in total. The summed E-state index contributed by atoms with van der Waals surface area (Å²) in [6.45, 7) is 2.03. The summed E-state index contributed by atoms with van der Waals surface area (Å²) >= 11 is 3.56. The van der Waals surface area contributed by atoms with Gasteiger partial charge in [-0.3, -0.25) is 11.3 Å². The fraction of sp³-hybridized carbons (Fsp3) is 0.231. The second-order valence-electron chi connectivity index (χ2n) is 3.95. The van der Waals surface area contributed by atoms with Gasteiger partial charge in [0.2, 0.25) is 0 Å². The molecule has 2 aromatic rings. The van der Waals surface area contributed by atoms with Crippen molar-refractivity contribution < 1.29 is 4.74 Å². The molecule has 0 saturated carbocycles. The maximum absolute atomic E-state index is 5.44. The van der Waals surface area contributed by atoms with E-state index in [2.05, 4.69) is 39.6 Å². The van der Waals surface area contributed by atoms with Crippen LogP contribution in [0.15, 0.2) is 34.8 Å². The maximum atomic E-state index is 5.44. The Labute approximate surface area is 109 Å². The largest absolute Gasteiger partial charge is 0.496 e. The number of ether oxygens (including phenoxy) is 1. The van der Waals surface area contributed by atoms with Crippen LogP contribution in [0.4, 0.5) is 0 Å². The van der Waals surface area contributed by atoms with Crippen molar-refractivity contribution >= 4 is 26.7 Å². The molecule has 0 spiro atoms. The molecule has 1 atom stereocenters. The Morgan fingerprint density at radius 3 is 2.71 bits per heavy atom. The van der Waals surface area contributed by atoms with E-state index in [4.69, 9.17) is 10.6 Å². The first-order valence-corrected chi connectivity index (χ1v) is 6.19. The van der Waals surface area contributed by atoms with Crippen LogP contribution in [-0.4, -0.2) is 7.11 Å². The second-order valence-corrected chi connectivity index (χ2v) is 4.74. The summed E-state index contributed by atoms with van der Waals surface area (Å²) in [6.07, 6.45) is 0. The molecule has 0 heterocycles. The minimum Gasteiger partial charge on any atom is -0.496 e. The molecule has 0 radical (unpaired) electrons.